The average molecular weight is 384 g/mol. The molecule has 0 spiro atoms. The van der Waals surface area contributed by atoms with Gasteiger partial charge in [0.2, 0.25) is 0 Å². The molecule has 142 valence electrons. The van der Waals surface area contributed by atoms with Gasteiger partial charge in [0.25, 0.3) is 0 Å². The fraction of sp³-hybridized carbons (Fsp3) is 0.409. The Bertz CT molecular complexity index is 927. The molecule has 3 rings (SSSR count). The molecular formula is C22H25NO3S. The van der Waals surface area contributed by atoms with Gasteiger partial charge in [-0.15, -0.1) is 0 Å². The molecular weight excluding hydrogens is 358 g/mol. The third kappa shape index (κ3) is 4.40. The second kappa shape index (κ2) is 8.24. The van der Waals surface area contributed by atoms with Crippen LogP contribution in [0.5, 0.6) is 0 Å². The van der Waals surface area contributed by atoms with Gasteiger partial charge in [0, 0.05) is 12.5 Å². The molecule has 1 aliphatic heterocycles. The summed E-state index contributed by atoms with van der Waals surface area (Å²) in [5.41, 5.74) is 3.70. The van der Waals surface area contributed by atoms with Gasteiger partial charge in [-0.2, -0.15) is 5.26 Å². The molecule has 2 aromatic rings. The quantitative estimate of drug-likeness (QED) is 0.777. The first-order chi connectivity index (χ1) is 12.9. The lowest BCUT2D eigenvalue weighted by molar-refractivity contribution is 0.0483. The summed E-state index contributed by atoms with van der Waals surface area (Å²) in [6, 6.07) is 17.9. The van der Waals surface area contributed by atoms with Crippen molar-refractivity contribution in [2.24, 2.45) is 5.92 Å². The van der Waals surface area contributed by atoms with Crippen LogP contribution in [0.25, 0.3) is 11.1 Å². The molecule has 2 atom stereocenters. The highest BCUT2D eigenvalue weighted by Gasteiger charge is 2.32. The predicted octanol–water partition coefficient (Wildman–Crippen LogP) is 4.17. The molecule has 0 aromatic heterocycles. The Hall–Kier alpha value is -2.16. The minimum absolute atomic E-state index is 0.0246. The maximum Gasteiger partial charge on any atom is 0.153 e. The van der Waals surface area contributed by atoms with Gasteiger partial charge in [0.05, 0.1) is 29.2 Å². The van der Waals surface area contributed by atoms with Crippen molar-refractivity contribution < 1.29 is 13.2 Å². The molecule has 2 aromatic carbocycles. The van der Waals surface area contributed by atoms with E-state index in [9.17, 15) is 13.7 Å². The highest BCUT2D eigenvalue weighted by molar-refractivity contribution is 7.91. The Balaban J connectivity index is 1.85. The van der Waals surface area contributed by atoms with Crippen LogP contribution in [0.2, 0.25) is 0 Å². The fourth-order valence-electron chi connectivity index (χ4n) is 3.63. The lowest BCUT2D eigenvalue weighted by Crippen LogP contribution is -2.34. The van der Waals surface area contributed by atoms with E-state index in [0.29, 0.717) is 18.8 Å². The van der Waals surface area contributed by atoms with Crippen LogP contribution in [0, 0.1) is 17.2 Å². The van der Waals surface area contributed by atoms with Gasteiger partial charge in [-0.1, -0.05) is 42.5 Å². The summed E-state index contributed by atoms with van der Waals surface area (Å²) in [5.74, 6) is 0.310. The number of nitriles is 1. The molecule has 0 saturated carbocycles. The van der Waals surface area contributed by atoms with E-state index in [4.69, 9.17) is 4.74 Å². The Labute approximate surface area is 161 Å². The van der Waals surface area contributed by atoms with Crippen molar-refractivity contribution in [1.82, 2.24) is 0 Å². The van der Waals surface area contributed by atoms with Crippen LogP contribution in [0.15, 0.2) is 48.5 Å². The first-order valence-corrected chi connectivity index (χ1v) is 11.0. The molecule has 1 aliphatic rings. The number of hydrogen-bond donors (Lipinski definition) is 0. The normalized spacial score (nSPS) is 20.4. The molecule has 5 heteroatoms. The second-order valence-electron chi connectivity index (χ2n) is 7.39. The van der Waals surface area contributed by atoms with Gasteiger partial charge >= 0.3 is 0 Å². The fourth-order valence-corrected chi connectivity index (χ4v) is 4.94. The number of benzene rings is 2. The van der Waals surface area contributed by atoms with E-state index >= 15 is 0 Å². The highest BCUT2D eigenvalue weighted by atomic mass is 32.2. The van der Waals surface area contributed by atoms with E-state index in [2.05, 4.69) is 18.2 Å². The van der Waals surface area contributed by atoms with Gasteiger partial charge in [-0.25, -0.2) is 8.42 Å². The number of sulfone groups is 1. The van der Waals surface area contributed by atoms with Gasteiger partial charge < -0.3 is 4.74 Å². The monoisotopic (exact) mass is 383 g/mol. The molecule has 0 radical (unpaired) electrons. The van der Waals surface area contributed by atoms with Crippen LogP contribution in [-0.4, -0.2) is 32.6 Å². The SMILES string of the molecule is CC(C)S(=O)(=O)C[C@@H]1COCC[C@@H]1c1ccc(-c2ccccc2C#N)cc1. The topological polar surface area (TPSA) is 67.2 Å². The first kappa shape index (κ1) is 19.6. The van der Waals surface area contributed by atoms with E-state index in [-0.39, 0.29) is 22.8 Å². The van der Waals surface area contributed by atoms with Crippen LogP contribution in [0.1, 0.15) is 37.3 Å². The molecule has 0 N–H and O–H groups in total. The molecule has 1 saturated heterocycles. The Morgan fingerprint density at radius 2 is 1.85 bits per heavy atom. The molecule has 4 nitrogen and oxygen atoms in total. The van der Waals surface area contributed by atoms with Crippen LogP contribution in [0.4, 0.5) is 0 Å². The molecule has 1 heterocycles. The van der Waals surface area contributed by atoms with Gasteiger partial charge in [-0.3, -0.25) is 0 Å². The summed E-state index contributed by atoms with van der Waals surface area (Å²) in [5, 5.41) is 8.93. The standard InChI is InChI=1S/C22H25NO3S/c1-16(2)27(24,25)15-20-14-26-12-11-22(20)18-9-7-17(8-10-18)21-6-4-3-5-19(21)13-23/h3-10,16,20,22H,11-12,14-15H2,1-2H3/t20-,22+/m0/s1. The number of rotatable bonds is 5. The van der Waals surface area contributed by atoms with Crippen molar-refractivity contribution in [1.29, 1.82) is 5.26 Å². The lowest BCUT2D eigenvalue weighted by atomic mass is 9.83. The van der Waals surface area contributed by atoms with E-state index in [1.54, 1.807) is 13.8 Å². The van der Waals surface area contributed by atoms with Crippen LogP contribution in [0.3, 0.4) is 0 Å². The second-order valence-corrected chi connectivity index (χ2v) is 9.99. The van der Waals surface area contributed by atoms with Crippen molar-refractivity contribution in [2.75, 3.05) is 19.0 Å². The smallest absolute Gasteiger partial charge is 0.153 e. The van der Waals surface area contributed by atoms with E-state index in [1.165, 1.54) is 0 Å². The summed E-state index contributed by atoms with van der Waals surface area (Å²) in [4.78, 5) is 0. The summed E-state index contributed by atoms with van der Waals surface area (Å²) in [6.45, 7) is 4.60. The third-order valence-corrected chi connectivity index (χ3v) is 7.67. The zero-order valence-electron chi connectivity index (χ0n) is 15.8. The molecule has 0 bridgehead atoms. The van der Waals surface area contributed by atoms with Crippen molar-refractivity contribution >= 4 is 9.84 Å². The Kier molecular flexibility index (Phi) is 5.98. The summed E-state index contributed by atoms with van der Waals surface area (Å²) in [7, 11) is -3.11. The van der Waals surface area contributed by atoms with Gasteiger partial charge in [-0.05, 0) is 48.9 Å². The molecule has 27 heavy (non-hydrogen) atoms. The maximum atomic E-state index is 12.4. The lowest BCUT2D eigenvalue weighted by Gasteiger charge is -2.32. The van der Waals surface area contributed by atoms with Crippen LogP contribution < -0.4 is 0 Å². The third-order valence-electron chi connectivity index (χ3n) is 5.34. The number of hydrogen-bond acceptors (Lipinski definition) is 4. The molecule has 0 unspecified atom stereocenters. The van der Waals surface area contributed by atoms with Crippen molar-refractivity contribution in [3.05, 3.63) is 59.7 Å². The van der Waals surface area contributed by atoms with Gasteiger partial charge in [0.15, 0.2) is 9.84 Å². The zero-order valence-corrected chi connectivity index (χ0v) is 16.6. The highest BCUT2D eigenvalue weighted by Crippen LogP contribution is 2.35. The van der Waals surface area contributed by atoms with E-state index in [1.807, 2.05) is 36.4 Å². The molecule has 0 amide bonds. The Morgan fingerprint density at radius 3 is 2.52 bits per heavy atom. The van der Waals surface area contributed by atoms with Crippen LogP contribution in [-0.2, 0) is 14.6 Å². The van der Waals surface area contributed by atoms with Crippen LogP contribution >= 0.6 is 0 Å². The number of nitrogens with zero attached hydrogens (tertiary/aromatic N) is 1. The van der Waals surface area contributed by atoms with E-state index in [0.717, 1.165) is 23.1 Å². The summed E-state index contributed by atoms with van der Waals surface area (Å²) < 4.78 is 30.4. The zero-order chi connectivity index (χ0) is 19.4. The minimum Gasteiger partial charge on any atom is -0.381 e. The average Bonchev–Trinajstić information content (AvgIpc) is 2.68. The van der Waals surface area contributed by atoms with Crippen molar-refractivity contribution in [2.45, 2.75) is 31.4 Å². The van der Waals surface area contributed by atoms with Crippen molar-refractivity contribution in [3.8, 4) is 17.2 Å². The summed E-state index contributed by atoms with van der Waals surface area (Å²) in [6.07, 6.45) is 0.826. The minimum atomic E-state index is -3.11. The molecule has 0 aliphatic carbocycles. The summed E-state index contributed by atoms with van der Waals surface area (Å²) >= 11 is 0. The Morgan fingerprint density at radius 1 is 1.15 bits per heavy atom. The maximum absolute atomic E-state index is 12.4. The van der Waals surface area contributed by atoms with Crippen molar-refractivity contribution in [3.63, 3.8) is 0 Å². The van der Waals surface area contributed by atoms with E-state index < -0.39 is 9.84 Å². The predicted molar refractivity (Wildman–Crippen MR) is 107 cm³/mol. The largest absolute Gasteiger partial charge is 0.381 e. The first-order valence-electron chi connectivity index (χ1n) is 9.31. The number of ether oxygens (including phenoxy) is 1. The van der Waals surface area contributed by atoms with Gasteiger partial charge in [0.1, 0.15) is 0 Å². The molecule has 1 fully saturated rings.